The van der Waals surface area contributed by atoms with Gasteiger partial charge in [-0.25, -0.2) is 0 Å². The number of benzene rings is 2. The second-order valence-corrected chi connectivity index (χ2v) is 4.56. The first-order valence-corrected chi connectivity index (χ1v) is 6.64. The highest BCUT2D eigenvalue weighted by molar-refractivity contribution is 6.17. The fourth-order valence-electron chi connectivity index (χ4n) is 1.99. The van der Waals surface area contributed by atoms with Gasteiger partial charge in [0.25, 0.3) is 0 Å². The van der Waals surface area contributed by atoms with Crippen molar-refractivity contribution in [2.24, 2.45) is 5.11 Å². The minimum atomic E-state index is -0.188. The molecule has 0 bridgehead atoms. The third-order valence-electron chi connectivity index (χ3n) is 2.98. The summed E-state index contributed by atoms with van der Waals surface area (Å²) in [5, 5.41) is 3.78. The number of azide groups is 1. The van der Waals surface area contributed by atoms with Gasteiger partial charge in [0.05, 0.1) is 6.04 Å². The molecule has 0 aliphatic carbocycles. The maximum atomic E-state index is 8.57. The predicted molar refractivity (Wildman–Crippen MR) is 79.1 cm³/mol. The van der Waals surface area contributed by atoms with E-state index >= 15 is 0 Å². The van der Waals surface area contributed by atoms with E-state index in [-0.39, 0.29) is 6.04 Å². The number of halogens is 1. The van der Waals surface area contributed by atoms with E-state index < -0.39 is 0 Å². The van der Waals surface area contributed by atoms with Gasteiger partial charge in [0.2, 0.25) is 0 Å². The van der Waals surface area contributed by atoms with Crippen molar-refractivity contribution < 1.29 is 0 Å². The Hall–Kier alpha value is -1.96. The van der Waals surface area contributed by atoms with E-state index in [1.165, 1.54) is 5.56 Å². The Bertz CT molecular complexity index is 560. The van der Waals surface area contributed by atoms with Crippen LogP contribution < -0.4 is 0 Å². The van der Waals surface area contributed by atoms with E-state index in [0.29, 0.717) is 12.3 Å². The zero-order valence-corrected chi connectivity index (χ0v) is 11.2. The Morgan fingerprint density at radius 1 is 1.00 bits per heavy atom. The molecule has 4 heteroatoms. The molecule has 0 fully saturated rings. The minimum absolute atomic E-state index is 0.188. The van der Waals surface area contributed by atoms with E-state index in [1.807, 2.05) is 42.5 Å². The fraction of sp³-hybridized carbons (Fsp3) is 0.200. The molecule has 0 saturated carbocycles. The average Bonchev–Trinajstić information content (AvgIpc) is 2.48. The molecule has 1 unspecified atom stereocenters. The Labute approximate surface area is 117 Å². The smallest absolute Gasteiger partial charge is 0.0636 e. The number of rotatable bonds is 5. The summed E-state index contributed by atoms with van der Waals surface area (Å²) in [5.41, 5.74) is 11.9. The molecule has 2 aromatic rings. The first-order valence-electron chi connectivity index (χ1n) is 6.10. The third kappa shape index (κ3) is 3.50. The molecule has 19 heavy (non-hydrogen) atoms. The van der Waals surface area contributed by atoms with Crippen LogP contribution in [0.3, 0.4) is 0 Å². The van der Waals surface area contributed by atoms with Gasteiger partial charge in [-0.05, 0) is 28.6 Å². The van der Waals surface area contributed by atoms with Gasteiger partial charge in [-0.15, -0.1) is 11.6 Å². The molecule has 0 radical (unpaired) electrons. The number of hydrogen-bond donors (Lipinski definition) is 0. The van der Waals surface area contributed by atoms with Crippen molar-refractivity contribution in [3.63, 3.8) is 0 Å². The molecule has 0 N–H and O–H groups in total. The van der Waals surface area contributed by atoms with Crippen molar-refractivity contribution in [1.82, 2.24) is 0 Å². The van der Waals surface area contributed by atoms with Crippen LogP contribution in [0, 0.1) is 0 Å². The first kappa shape index (κ1) is 13.5. The summed E-state index contributed by atoms with van der Waals surface area (Å²) in [5.74, 6) is 0.476. The second-order valence-electron chi connectivity index (χ2n) is 4.19. The van der Waals surface area contributed by atoms with Crippen molar-refractivity contribution in [2.45, 2.75) is 12.5 Å². The van der Waals surface area contributed by atoms with Gasteiger partial charge in [0.1, 0.15) is 0 Å². The summed E-state index contributed by atoms with van der Waals surface area (Å²) < 4.78 is 0. The lowest BCUT2D eigenvalue weighted by molar-refractivity contribution is 0.697. The van der Waals surface area contributed by atoms with Gasteiger partial charge in [-0.2, -0.15) is 0 Å². The molecule has 0 spiro atoms. The van der Waals surface area contributed by atoms with Crippen LogP contribution in [0.15, 0.2) is 59.7 Å². The van der Waals surface area contributed by atoms with Crippen molar-refractivity contribution in [3.05, 3.63) is 70.6 Å². The fourth-order valence-corrected chi connectivity index (χ4v) is 2.19. The van der Waals surface area contributed by atoms with Crippen molar-refractivity contribution in [3.8, 4) is 11.1 Å². The van der Waals surface area contributed by atoms with Gasteiger partial charge in [-0.3, -0.25) is 0 Å². The van der Waals surface area contributed by atoms with E-state index in [1.54, 1.807) is 0 Å². The lowest BCUT2D eigenvalue weighted by atomic mass is 10.00. The maximum Gasteiger partial charge on any atom is 0.0636 e. The summed E-state index contributed by atoms with van der Waals surface area (Å²) in [4.78, 5) is 2.88. The lowest BCUT2D eigenvalue weighted by Gasteiger charge is -2.10. The van der Waals surface area contributed by atoms with E-state index in [4.69, 9.17) is 17.1 Å². The first-order chi connectivity index (χ1) is 9.35. The molecular formula is C15H14ClN3. The van der Waals surface area contributed by atoms with Crippen LogP contribution in [0.4, 0.5) is 0 Å². The Morgan fingerprint density at radius 3 is 2.21 bits per heavy atom. The highest BCUT2D eigenvalue weighted by Crippen LogP contribution is 2.25. The molecule has 0 heterocycles. The van der Waals surface area contributed by atoms with E-state index in [9.17, 15) is 0 Å². The van der Waals surface area contributed by atoms with Crippen LogP contribution in [0.1, 0.15) is 18.0 Å². The zero-order chi connectivity index (χ0) is 13.5. The van der Waals surface area contributed by atoms with Crippen LogP contribution in [0.25, 0.3) is 21.6 Å². The minimum Gasteiger partial charge on any atom is -0.127 e. The summed E-state index contributed by atoms with van der Waals surface area (Å²) in [6.07, 6.45) is 0.649. The molecular weight excluding hydrogens is 258 g/mol. The summed E-state index contributed by atoms with van der Waals surface area (Å²) in [6, 6.07) is 18.0. The number of nitrogens with zero attached hydrogens (tertiary/aromatic N) is 3. The number of alkyl halides is 1. The molecule has 0 saturated heterocycles. The Morgan fingerprint density at radius 2 is 1.63 bits per heavy atom. The number of hydrogen-bond acceptors (Lipinski definition) is 1. The second kappa shape index (κ2) is 6.83. The standard InChI is InChI=1S/C15H14ClN3/c16-11-10-15(18-19-17)14-8-6-13(7-9-14)12-4-2-1-3-5-12/h1-9,15H,10-11H2. The SMILES string of the molecule is [N-]=[N+]=NC(CCCl)c1ccc(-c2ccccc2)cc1. The van der Waals surface area contributed by atoms with Crippen molar-refractivity contribution in [1.29, 1.82) is 0 Å². The van der Waals surface area contributed by atoms with Crippen LogP contribution in [-0.4, -0.2) is 5.88 Å². The summed E-state index contributed by atoms with van der Waals surface area (Å²) >= 11 is 5.73. The van der Waals surface area contributed by atoms with Gasteiger partial charge in [0.15, 0.2) is 0 Å². The highest BCUT2D eigenvalue weighted by Gasteiger charge is 2.08. The van der Waals surface area contributed by atoms with Gasteiger partial charge in [0, 0.05) is 10.8 Å². The molecule has 0 aromatic heterocycles. The van der Waals surface area contributed by atoms with Gasteiger partial charge >= 0.3 is 0 Å². The normalized spacial score (nSPS) is 11.6. The summed E-state index contributed by atoms with van der Waals surface area (Å²) in [6.45, 7) is 0. The maximum absolute atomic E-state index is 8.57. The van der Waals surface area contributed by atoms with Gasteiger partial charge in [-0.1, -0.05) is 59.7 Å². The Balaban J connectivity index is 2.24. The highest BCUT2D eigenvalue weighted by atomic mass is 35.5. The van der Waals surface area contributed by atoms with Crippen LogP contribution in [0.2, 0.25) is 0 Å². The Kier molecular flexibility index (Phi) is 4.85. The van der Waals surface area contributed by atoms with Crippen LogP contribution in [0.5, 0.6) is 0 Å². The van der Waals surface area contributed by atoms with Crippen molar-refractivity contribution >= 4 is 11.6 Å². The molecule has 0 amide bonds. The van der Waals surface area contributed by atoms with E-state index in [2.05, 4.69) is 22.2 Å². The topological polar surface area (TPSA) is 48.8 Å². The third-order valence-corrected chi connectivity index (χ3v) is 3.19. The lowest BCUT2D eigenvalue weighted by Crippen LogP contribution is -1.95. The van der Waals surface area contributed by atoms with Crippen molar-refractivity contribution in [2.75, 3.05) is 5.88 Å². The molecule has 0 aliphatic rings. The average molecular weight is 272 g/mol. The molecule has 0 aliphatic heterocycles. The molecule has 2 rings (SSSR count). The quantitative estimate of drug-likeness (QED) is 0.305. The largest absolute Gasteiger partial charge is 0.127 e. The molecule has 2 aromatic carbocycles. The van der Waals surface area contributed by atoms with E-state index in [0.717, 1.165) is 11.1 Å². The zero-order valence-electron chi connectivity index (χ0n) is 10.4. The molecule has 3 nitrogen and oxygen atoms in total. The van der Waals surface area contributed by atoms with Crippen LogP contribution in [-0.2, 0) is 0 Å². The molecule has 1 atom stereocenters. The summed E-state index contributed by atoms with van der Waals surface area (Å²) in [7, 11) is 0. The van der Waals surface area contributed by atoms with Crippen LogP contribution >= 0.6 is 11.6 Å². The monoisotopic (exact) mass is 271 g/mol. The molecule has 96 valence electrons. The predicted octanol–water partition coefficient (Wildman–Crippen LogP) is 5.33. The van der Waals surface area contributed by atoms with Gasteiger partial charge < -0.3 is 0 Å².